The maximum Gasteiger partial charge on any atom is 0.262 e. The monoisotopic (exact) mass is 385 g/mol. The Bertz CT molecular complexity index is 577. The number of nitrogens with zero attached hydrogens (tertiary/aromatic N) is 2. The van der Waals surface area contributed by atoms with Crippen molar-refractivity contribution in [3.63, 3.8) is 0 Å². The van der Waals surface area contributed by atoms with Crippen molar-refractivity contribution in [2.24, 2.45) is 0 Å². The van der Waals surface area contributed by atoms with E-state index in [1.165, 1.54) is 24.2 Å². The van der Waals surface area contributed by atoms with E-state index in [4.69, 9.17) is 0 Å². The van der Waals surface area contributed by atoms with Gasteiger partial charge in [0.25, 0.3) is 5.91 Å². The van der Waals surface area contributed by atoms with Gasteiger partial charge in [-0.3, -0.25) is 14.5 Å². The third-order valence-corrected chi connectivity index (χ3v) is 6.04. The molecule has 1 aromatic heterocycles. The summed E-state index contributed by atoms with van der Waals surface area (Å²) in [4.78, 5) is 29.7. The van der Waals surface area contributed by atoms with Gasteiger partial charge in [0.15, 0.2) is 0 Å². The number of carbonyl (C=O) groups excluding carboxylic acids is 2. The summed E-state index contributed by atoms with van der Waals surface area (Å²) < 4.78 is 0.911. The molecule has 0 radical (unpaired) electrons. The minimum atomic E-state index is -0.485. The second kappa shape index (κ2) is 6.68. The molecule has 3 rings (SSSR count). The van der Waals surface area contributed by atoms with Crippen molar-refractivity contribution in [2.45, 2.75) is 31.8 Å². The van der Waals surface area contributed by atoms with E-state index < -0.39 is 6.04 Å². The van der Waals surface area contributed by atoms with Gasteiger partial charge in [-0.05, 0) is 54.4 Å². The van der Waals surface area contributed by atoms with E-state index in [0.717, 1.165) is 30.0 Å². The van der Waals surface area contributed by atoms with Gasteiger partial charge in [0.05, 0.1) is 8.66 Å². The summed E-state index contributed by atoms with van der Waals surface area (Å²) in [5, 5.41) is 2.81. The quantitative estimate of drug-likeness (QED) is 0.864. The highest BCUT2D eigenvalue weighted by Crippen LogP contribution is 2.23. The molecular weight excluding hydrogens is 366 g/mol. The molecule has 2 aliphatic rings. The summed E-state index contributed by atoms with van der Waals surface area (Å²) in [5.74, 6) is -0.161. The fourth-order valence-corrected chi connectivity index (χ4v) is 4.52. The molecule has 1 aromatic rings. The number of thiophene rings is 1. The van der Waals surface area contributed by atoms with Crippen molar-refractivity contribution in [3.05, 3.63) is 20.8 Å². The lowest BCUT2D eigenvalue weighted by atomic mass is 10.1. The van der Waals surface area contributed by atoms with Gasteiger partial charge in [0, 0.05) is 25.7 Å². The van der Waals surface area contributed by atoms with Gasteiger partial charge in [-0.15, -0.1) is 11.3 Å². The van der Waals surface area contributed by atoms with Crippen LogP contribution in [0.2, 0.25) is 0 Å². The highest BCUT2D eigenvalue weighted by Gasteiger charge is 2.34. The Morgan fingerprint density at radius 3 is 2.91 bits per heavy atom. The number of amides is 2. The molecule has 7 heteroatoms. The first kappa shape index (κ1) is 16.0. The molecule has 0 aromatic carbocycles. The lowest BCUT2D eigenvalue weighted by Crippen LogP contribution is -2.56. The van der Waals surface area contributed by atoms with Gasteiger partial charge >= 0.3 is 0 Å². The normalized spacial score (nSPS) is 23.2. The summed E-state index contributed by atoms with van der Waals surface area (Å²) in [5.41, 5.74) is 0. The van der Waals surface area contributed by atoms with Crippen LogP contribution in [0.5, 0.6) is 0 Å². The van der Waals surface area contributed by atoms with Gasteiger partial charge in [0.1, 0.15) is 6.04 Å². The zero-order chi connectivity index (χ0) is 15.7. The maximum absolute atomic E-state index is 12.5. The first-order chi connectivity index (χ1) is 10.5. The van der Waals surface area contributed by atoms with Crippen LogP contribution in [0.15, 0.2) is 15.9 Å². The predicted octanol–water partition coefficient (Wildman–Crippen LogP) is 1.94. The van der Waals surface area contributed by atoms with Crippen molar-refractivity contribution < 1.29 is 9.59 Å². The van der Waals surface area contributed by atoms with Crippen molar-refractivity contribution in [3.8, 4) is 0 Å². The molecule has 2 aliphatic heterocycles. The molecule has 5 nitrogen and oxygen atoms in total. The Morgan fingerprint density at radius 2 is 2.18 bits per heavy atom. The van der Waals surface area contributed by atoms with E-state index >= 15 is 0 Å². The number of piperazine rings is 1. The average molecular weight is 386 g/mol. The second-order valence-corrected chi connectivity index (χ2v) is 8.38. The van der Waals surface area contributed by atoms with E-state index in [2.05, 4.69) is 26.1 Å². The zero-order valence-electron chi connectivity index (χ0n) is 12.5. The molecule has 0 spiro atoms. The van der Waals surface area contributed by atoms with Crippen LogP contribution < -0.4 is 5.32 Å². The van der Waals surface area contributed by atoms with E-state index in [1.807, 2.05) is 11.0 Å². The van der Waals surface area contributed by atoms with Crippen LogP contribution in [0, 0.1) is 0 Å². The number of halogens is 1. The fourth-order valence-electron chi connectivity index (χ4n) is 3.23. The SMILES string of the molecule is CC(NC(=O)c1ccc(Br)s1)C(=O)N1CCN2CCCC2C1. The number of hydrogen-bond donors (Lipinski definition) is 1. The molecule has 22 heavy (non-hydrogen) atoms. The van der Waals surface area contributed by atoms with Crippen molar-refractivity contribution >= 4 is 39.1 Å². The molecule has 2 amide bonds. The zero-order valence-corrected chi connectivity index (χ0v) is 15.0. The largest absolute Gasteiger partial charge is 0.340 e. The summed E-state index contributed by atoms with van der Waals surface area (Å²) in [7, 11) is 0. The summed E-state index contributed by atoms with van der Waals surface area (Å²) in [6.07, 6.45) is 2.40. The lowest BCUT2D eigenvalue weighted by molar-refractivity contribution is -0.135. The first-order valence-corrected chi connectivity index (χ1v) is 9.24. The smallest absolute Gasteiger partial charge is 0.262 e. The molecule has 120 valence electrons. The van der Waals surface area contributed by atoms with Crippen LogP contribution in [0.1, 0.15) is 29.4 Å². The predicted molar refractivity (Wildman–Crippen MR) is 90.1 cm³/mol. The molecular formula is C15H20BrN3O2S. The topological polar surface area (TPSA) is 52.7 Å². The number of rotatable bonds is 3. The van der Waals surface area contributed by atoms with Gasteiger partial charge < -0.3 is 10.2 Å². The molecule has 2 unspecified atom stereocenters. The van der Waals surface area contributed by atoms with Crippen LogP contribution in [0.25, 0.3) is 0 Å². The van der Waals surface area contributed by atoms with Crippen LogP contribution in [-0.2, 0) is 4.79 Å². The Hall–Kier alpha value is -0.920. The third kappa shape index (κ3) is 3.36. The lowest BCUT2D eigenvalue weighted by Gasteiger charge is -2.38. The second-order valence-electron chi connectivity index (χ2n) is 5.92. The average Bonchev–Trinajstić information content (AvgIpc) is 3.13. The molecule has 0 saturated carbocycles. The van der Waals surface area contributed by atoms with Crippen molar-refractivity contribution in [1.82, 2.24) is 15.1 Å². The standard InChI is InChI=1S/C15H20BrN3O2S/c1-10(17-14(20)12-4-5-13(16)22-12)15(21)19-8-7-18-6-2-3-11(18)9-19/h4-5,10-11H,2-3,6-9H2,1H3,(H,17,20). The van der Waals surface area contributed by atoms with Crippen molar-refractivity contribution in [2.75, 3.05) is 26.2 Å². The third-order valence-electron chi connectivity index (χ3n) is 4.41. The maximum atomic E-state index is 12.5. The van der Waals surface area contributed by atoms with Crippen LogP contribution >= 0.6 is 27.3 Å². The van der Waals surface area contributed by atoms with Gasteiger partial charge in [-0.1, -0.05) is 0 Å². The van der Waals surface area contributed by atoms with E-state index in [0.29, 0.717) is 10.9 Å². The first-order valence-electron chi connectivity index (χ1n) is 7.63. The number of carbonyl (C=O) groups is 2. The molecule has 2 saturated heterocycles. The number of hydrogen-bond acceptors (Lipinski definition) is 4. The van der Waals surface area contributed by atoms with E-state index in [-0.39, 0.29) is 11.8 Å². The Labute approximate surface area is 142 Å². The van der Waals surface area contributed by atoms with Crippen LogP contribution in [0.4, 0.5) is 0 Å². The van der Waals surface area contributed by atoms with E-state index in [1.54, 1.807) is 13.0 Å². The number of fused-ring (bicyclic) bond motifs is 1. The molecule has 1 N–H and O–H groups in total. The Kier molecular flexibility index (Phi) is 4.84. The molecule has 0 bridgehead atoms. The van der Waals surface area contributed by atoms with Gasteiger partial charge in [-0.2, -0.15) is 0 Å². The fraction of sp³-hybridized carbons (Fsp3) is 0.600. The minimum Gasteiger partial charge on any atom is -0.340 e. The highest BCUT2D eigenvalue weighted by atomic mass is 79.9. The molecule has 2 fully saturated rings. The van der Waals surface area contributed by atoms with Crippen LogP contribution in [-0.4, -0.2) is 59.9 Å². The van der Waals surface area contributed by atoms with Crippen LogP contribution in [0.3, 0.4) is 0 Å². The van der Waals surface area contributed by atoms with Gasteiger partial charge in [0.2, 0.25) is 5.91 Å². The molecule has 2 atom stereocenters. The van der Waals surface area contributed by atoms with Crippen molar-refractivity contribution in [1.29, 1.82) is 0 Å². The van der Waals surface area contributed by atoms with E-state index in [9.17, 15) is 9.59 Å². The Balaban J connectivity index is 1.56. The summed E-state index contributed by atoms with van der Waals surface area (Å²) in [6.45, 7) is 5.44. The Morgan fingerprint density at radius 1 is 1.36 bits per heavy atom. The van der Waals surface area contributed by atoms with Gasteiger partial charge in [-0.25, -0.2) is 0 Å². The summed E-state index contributed by atoms with van der Waals surface area (Å²) in [6, 6.07) is 3.62. The molecule has 0 aliphatic carbocycles. The minimum absolute atomic E-state index is 0.0236. The summed E-state index contributed by atoms with van der Waals surface area (Å²) >= 11 is 4.71. The number of nitrogens with one attached hydrogen (secondary N) is 1. The highest BCUT2D eigenvalue weighted by molar-refractivity contribution is 9.11. The molecule has 3 heterocycles.